The van der Waals surface area contributed by atoms with Gasteiger partial charge >= 0.3 is 0 Å². The zero-order chi connectivity index (χ0) is 18.0. The van der Waals surface area contributed by atoms with Crippen LogP contribution < -0.4 is 0 Å². The highest BCUT2D eigenvalue weighted by molar-refractivity contribution is 5.96. The first kappa shape index (κ1) is 17.9. The van der Waals surface area contributed by atoms with Gasteiger partial charge in [-0.3, -0.25) is 9.59 Å². The lowest BCUT2D eigenvalue weighted by molar-refractivity contribution is -0.141. The van der Waals surface area contributed by atoms with Gasteiger partial charge in [-0.05, 0) is 19.8 Å². The molecule has 7 nitrogen and oxygen atoms in total. The van der Waals surface area contributed by atoms with Gasteiger partial charge in [0.1, 0.15) is 5.56 Å². The number of amides is 2. The molecule has 0 atom stereocenters. The molecule has 1 aromatic heterocycles. The molecule has 2 saturated heterocycles. The summed E-state index contributed by atoms with van der Waals surface area (Å²) in [5.74, 6) is 0.948. The zero-order valence-electron chi connectivity index (χ0n) is 15.3. The Kier molecular flexibility index (Phi) is 5.42. The molecule has 0 saturated carbocycles. The maximum atomic E-state index is 12.9. The summed E-state index contributed by atoms with van der Waals surface area (Å²) >= 11 is 0. The van der Waals surface area contributed by atoms with E-state index in [1.807, 2.05) is 23.6 Å². The van der Waals surface area contributed by atoms with Crippen molar-refractivity contribution in [3.63, 3.8) is 0 Å². The van der Waals surface area contributed by atoms with Crippen LogP contribution in [0.25, 0.3) is 0 Å². The van der Waals surface area contributed by atoms with E-state index in [9.17, 15) is 9.59 Å². The number of hydrogen-bond acceptors (Lipinski definition) is 5. The maximum absolute atomic E-state index is 12.9. The molecule has 2 aliphatic heterocycles. The Hall–Kier alpha value is -1.89. The van der Waals surface area contributed by atoms with E-state index in [2.05, 4.69) is 5.16 Å². The molecule has 0 spiro atoms. The highest BCUT2D eigenvalue weighted by atomic mass is 16.5. The van der Waals surface area contributed by atoms with Gasteiger partial charge in [0.2, 0.25) is 5.91 Å². The van der Waals surface area contributed by atoms with Crippen molar-refractivity contribution in [1.29, 1.82) is 0 Å². The van der Waals surface area contributed by atoms with Crippen LogP contribution in [0.4, 0.5) is 0 Å². The average molecular weight is 349 g/mol. The molecule has 0 aromatic carbocycles. The number of hydrogen-bond donors (Lipinski definition) is 0. The van der Waals surface area contributed by atoms with Crippen molar-refractivity contribution in [2.45, 2.75) is 39.5 Å². The van der Waals surface area contributed by atoms with Gasteiger partial charge in [0.25, 0.3) is 5.91 Å². The topological polar surface area (TPSA) is 75.9 Å². The Morgan fingerprint density at radius 3 is 2.32 bits per heavy atom. The van der Waals surface area contributed by atoms with Crippen molar-refractivity contribution in [2.24, 2.45) is 5.92 Å². The fourth-order valence-electron chi connectivity index (χ4n) is 3.57. The fourth-order valence-corrected chi connectivity index (χ4v) is 3.57. The molecular formula is C18H27N3O4. The predicted octanol–water partition coefficient (Wildman–Crippen LogP) is 1.82. The third kappa shape index (κ3) is 3.71. The largest absolute Gasteiger partial charge is 0.378 e. The minimum absolute atomic E-state index is 0.00953. The lowest BCUT2D eigenvalue weighted by atomic mass is 9.94. The number of morpholine rings is 1. The van der Waals surface area contributed by atoms with Crippen molar-refractivity contribution in [3.05, 3.63) is 17.0 Å². The van der Waals surface area contributed by atoms with E-state index < -0.39 is 0 Å². The zero-order valence-corrected chi connectivity index (χ0v) is 15.3. The second kappa shape index (κ2) is 7.56. The SMILES string of the molecule is Cc1noc(C(C)C)c1C(=O)N1CCC(C(=O)N2CCOCC2)CC1. The van der Waals surface area contributed by atoms with Crippen LogP contribution in [0.15, 0.2) is 4.52 Å². The standard InChI is InChI=1S/C18H27N3O4/c1-12(2)16-15(13(3)19-25-16)18(23)20-6-4-14(5-7-20)17(22)21-8-10-24-11-9-21/h12,14H,4-11H2,1-3H3. The van der Waals surface area contributed by atoms with Crippen LogP contribution in [-0.4, -0.2) is 66.2 Å². The van der Waals surface area contributed by atoms with Crippen molar-refractivity contribution < 1.29 is 18.8 Å². The highest BCUT2D eigenvalue weighted by Crippen LogP contribution is 2.27. The van der Waals surface area contributed by atoms with Gasteiger partial charge in [-0.25, -0.2) is 0 Å². The number of ether oxygens (including phenoxy) is 1. The number of likely N-dealkylation sites (tertiary alicyclic amines) is 1. The van der Waals surface area contributed by atoms with Crippen molar-refractivity contribution in [1.82, 2.24) is 15.0 Å². The average Bonchev–Trinajstić information content (AvgIpc) is 3.03. The Labute approximate surface area is 148 Å². The first-order valence-electron chi connectivity index (χ1n) is 9.11. The number of aromatic nitrogens is 1. The molecule has 3 heterocycles. The van der Waals surface area contributed by atoms with Gasteiger partial charge in [-0.1, -0.05) is 19.0 Å². The summed E-state index contributed by atoms with van der Waals surface area (Å²) in [5, 5.41) is 3.96. The minimum Gasteiger partial charge on any atom is -0.378 e. The lowest BCUT2D eigenvalue weighted by Gasteiger charge is -2.35. The summed E-state index contributed by atoms with van der Waals surface area (Å²) in [6, 6.07) is 0. The summed E-state index contributed by atoms with van der Waals surface area (Å²) < 4.78 is 10.6. The Morgan fingerprint density at radius 2 is 1.72 bits per heavy atom. The van der Waals surface area contributed by atoms with Crippen LogP contribution >= 0.6 is 0 Å². The number of nitrogens with zero attached hydrogens (tertiary/aromatic N) is 3. The molecule has 0 bridgehead atoms. The van der Waals surface area contributed by atoms with Crippen molar-refractivity contribution in [3.8, 4) is 0 Å². The van der Waals surface area contributed by atoms with Gasteiger partial charge < -0.3 is 19.1 Å². The molecule has 0 aliphatic carbocycles. The van der Waals surface area contributed by atoms with Gasteiger partial charge in [-0.2, -0.15) is 0 Å². The molecule has 0 unspecified atom stereocenters. The molecule has 0 radical (unpaired) electrons. The van der Waals surface area contributed by atoms with Crippen LogP contribution in [0.3, 0.4) is 0 Å². The monoisotopic (exact) mass is 349 g/mol. The third-order valence-corrected chi connectivity index (χ3v) is 5.08. The normalized spacial score (nSPS) is 19.5. The van der Waals surface area contributed by atoms with E-state index in [1.165, 1.54) is 0 Å². The molecule has 2 aliphatic rings. The molecule has 25 heavy (non-hydrogen) atoms. The Morgan fingerprint density at radius 1 is 1.08 bits per heavy atom. The molecule has 1 aromatic rings. The number of carbonyl (C=O) groups excluding carboxylic acids is 2. The lowest BCUT2D eigenvalue weighted by Crippen LogP contribution is -2.47. The van der Waals surface area contributed by atoms with Crippen LogP contribution in [0.1, 0.15) is 54.4 Å². The number of piperidine rings is 1. The summed E-state index contributed by atoms with van der Waals surface area (Å²) in [7, 11) is 0. The van der Waals surface area contributed by atoms with Crippen molar-refractivity contribution in [2.75, 3.05) is 39.4 Å². The molecular weight excluding hydrogens is 322 g/mol. The highest BCUT2D eigenvalue weighted by Gasteiger charge is 2.33. The molecule has 3 rings (SSSR count). The summed E-state index contributed by atoms with van der Waals surface area (Å²) in [4.78, 5) is 29.2. The fraction of sp³-hybridized carbons (Fsp3) is 0.722. The molecule has 2 amide bonds. The van der Waals surface area contributed by atoms with Gasteiger partial charge in [0.15, 0.2) is 5.76 Å². The first-order valence-corrected chi connectivity index (χ1v) is 9.11. The van der Waals surface area contributed by atoms with Crippen LogP contribution in [0.5, 0.6) is 0 Å². The van der Waals surface area contributed by atoms with E-state index in [0.29, 0.717) is 69.3 Å². The second-order valence-electron chi connectivity index (χ2n) is 7.17. The summed E-state index contributed by atoms with van der Waals surface area (Å²) in [6.45, 7) is 9.57. The van der Waals surface area contributed by atoms with Crippen molar-refractivity contribution >= 4 is 11.8 Å². The third-order valence-electron chi connectivity index (χ3n) is 5.08. The number of rotatable bonds is 3. The molecule has 7 heteroatoms. The second-order valence-corrected chi connectivity index (χ2v) is 7.17. The molecule has 0 N–H and O–H groups in total. The quantitative estimate of drug-likeness (QED) is 0.832. The summed E-state index contributed by atoms with van der Waals surface area (Å²) in [6.07, 6.45) is 1.42. The van der Waals surface area contributed by atoms with E-state index in [0.717, 1.165) is 0 Å². The van der Waals surface area contributed by atoms with Crippen LogP contribution in [0, 0.1) is 12.8 Å². The van der Waals surface area contributed by atoms with E-state index >= 15 is 0 Å². The van der Waals surface area contributed by atoms with E-state index in [-0.39, 0.29) is 23.7 Å². The van der Waals surface area contributed by atoms with Gasteiger partial charge in [0.05, 0.1) is 18.9 Å². The maximum Gasteiger partial charge on any atom is 0.259 e. The summed E-state index contributed by atoms with van der Waals surface area (Å²) in [5.41, 5.74) is 1.23. The Balaban J connectivity index is 1.61. The number of aryl methyl sites for hydroxylation is 1. The number of carbonyl (C=O) groups is 2. The van der Waals surface area contributed by atoms with E-state index in [4.69, 9.17) is 9.26 Å². The smallest absolute Gasteiger partial charge is 0.259 e. The Bertz CT molecular complexity index is 626. The van der Waals surface area contributed by atoms with Crippen LogP contribution in [0.2, 0.25) is 0 Å². The molecule has 138 valence electrons. The van der Waals surface area contributed by atoms with Gasteiger partial charge in [0, 0.05) is 38.0 Å². The molecule has 2 fully saturated rings. The van der Waals surface area contributed by atoms with Crippen LogP contribution in [-0.2, 0) is 9.53 Å². The predicted molar refractivity (Wildman–Crippen MR) is 91.4 cm³/mol. The first-order chi connectivity index (χ1) is 12.0. The minimum atomic E-state index is -0.0280. The van der Waals surface area contributed by atoms with Gasteiger partial charge in [-0.15, -0.1) is 0 Å². The van der Waals surface area contributed by atoms with E-state index in [1.54, 1.807) is 6.92 Å².